The van der Waals surface area contributed by atoms with Crippen LogP contribution in [0.15, 0.2) is 41.3 Å². The summed E-state index contributed by atoms with van der Waals surface area (Å²) >= 11 is 0. The molecule has 1 spiro atoms. The number of furan rings is 1. The summed E-state index contributed by atoms with van der Waals surface area (Å²) < 4.78 is 14.7. The van der Waals surface area contributed by atoms with Crippen molar-refractivity contribution in [1.82, 2.24) is 33.8 Å². The van der Waals surface area contributed by atoms with Crippen LogP contribution in [0.1, 0.15) is 67.5 Å². The number of carbonyl (C=O) groups is 1. The van der Waals surface area contributed by atoms with Crippen molar-refractivity contribution in [2.24, 2.45) is 11.3 Å². The summed E-state index contributed by atoms with van der Waals surface area (Å²) in [6, 6.07) is 3.44. The number of hydrogen-bond acceptors (Lipinski definition) is 8. The van der Waals surface area contributed by atoms with Crippen LogP contribution < -0.4 is 0 Å². The van der Waals surface area contributed by atoms with Gasteiger partial charge in [-0.15, -0.1) is 0 Å². The Morgan fingerprint density at radius 3 is 2.34 bits per heavy atom. The first-order valence-corrected chi connectivity index (χ1v) is 15.1. The molecule has 3 aromatic rings. The van der Waals surface area contributed by atoms with Gasteiger partial charge in [0.05, 0.1) is 26.7 Å². The number of hydrogen-bond donors (Lipinski definition) is 0. The number of carbonyl (C=O) groups excluding carboxylic acids is 1. The van der Waals surface area contributed by atoms with Crippen LogP contribution in [0.2, 0.25) is 0 Å². The van der Waals surface area contributed by atoms with Gasteiger partial charge in [0.25, 0.3) is 0 Å². The zero-order chi connectivity index (χ0) is 28.8. The van der Waals surface area contributed by atoms with Gasteiger partial charge in [-0.25, -0.2) is 14.8 Å². The summed E-state index contributed by atoms with van der Waals surface area (Å²) in [7, 11) is 3.44. The number of rotatable bonds is 13. The molecule has 2 fully saturated rings. The Balaban J connectivity index is 1.06. The molecule has 224 valence electrons. The highest BCUT2D eigenvalue weighted by atomic mass is 16.5. The van der Waals surface area contributed by atoms with Crippen LogP contribution in [-0.2, 0) is 30.9 Å². The van der Waals surface area contributed by atoms with E-state index in [9.17, 15) is 4.79 Å². The van der Waals surface area contributed by atoms with Gasteiger partial charge in [0.15, 0.2) is 0 Å². The smallest absolute Gasteiger partial charge is 0.373 e. The fourth-order valence-electron chi connectivity index (χ4n) is 6.53. The minimum absolute atomic E-state index is 0.208. The summed E-state index contributed by atoms with van der Waals surface area (Å²) in [4.78, 5) is 28.5. The lowest BCUT2D eigenvalue weighted by molar-refractivity contribution is 0.0563. The normalized spacial score (nSPS) is 17.8. The molecule has 0 radical (unpaired) electrons. The predicted molar refractivity (Wildman–Crippen MR) is 157 cm³/mol. The first kappa shape index (κ1) is 29.5. The van der Waals surface area contributed by atoms with Crippen molar-refractivity contribution in [2.75, 3.05) is 53.4 Å². The number of piperidine rings is 1. The number of esters is 1. The van der Waals surface area contributed by atoms with E-state index in [2.05, 4.69) is 56.3 Å². The highest BCUT2D eigenvalue weighted by Gasteiger charge is 2.40. The molecular weight excluding hydrogens is 518 g/mol. The highest BCUT2D eigenvalue weighted by Crippen LogP contribution is 2.40. The quantitative estimate of drug-likeness (QED) is 0.288. The van der Waals surface area contributed by atoms with Gasteiger partial charge in [-0.1, -0.05) is 13.8 Å². The van der Waals surface area contributed by atoms with Gasteiger partial charge in [0.1, 0.15) is 17.4 Å². The maximum Gasteiger partial charge on any atom is 0.373 e. The van der Waals surface area contributed by atoms with Crippen molar-refractivity contribution < 1.29 is 13.9 Å². The molecule has 10 heteroatoms. The molecule has 5 heterocycles. The molecule has 0 amide bonds. The summed E-state index contributed by atoms with van der Waals surface area (Å²) in [6.07, 6.45) is 13.0. The van der Waals surface area contributed by atoms with Gasteiger partial charge in [-0.05, 0) is 82.4 Å². The summed E-state index contributed by atoms with van der Waals surface area (Å²) in [5, 5.41) is 0. The standard InChI is InChI=1S/C31H47N7O3/c1-25(2)20-35-15-8-31(9-16-35)10-17-36(24-31)13-5-14-37-18-11-32-28(37)22-34(3)23-29-33-12-19-38(29)21-26-6-7-27(41-26)30(39)40-4/h6-7,11-12,18-19,25H,5,8-10,13-17,20-24H2,1-4H3. The lowest BCUT2D eigenvalue weighted by Gasteiger charge is -2.40. The second kappa shape index (κ2) is 13.4. The van der Waals surface area contributed by atoms with Gasteiger partial charge in [-0.3, -0.25) is 4.90 Å². The highest BCUT2D eigenvalue weighted by molar-refractivity contribution is 5.86. The third-order valence-corrected chi connectivity index (χ3v) is 8.73. The Labute approximate surface area is 244 Å². The zero-order valence-corrected chi connectivity index (χ0v) is 25.3. The van der Waals surface area contributed by atoms with Crippen molar-refractivity contribution >= 4 is 5.97 Å². The first-order valence-electron chi connectivity index (χ1n) is 15.1. The number of ether oxygens (including phenoxy) is 1. The molecule has 2 aliphatic heterocycles. The molecule has 3 aromatic heterocycles. The number of nitrogens with zero attached hydrogens (tertiary/aromatic N) is 7. The second-order valence-corrected chi connectivity index (χ2v) is 12.5. The van der Waals surface area contributed by atoms with Crippen LogP contribution >= 0.6 is 0 Å². The van der Waals surface area contributed by atoms with E-state index in [0.717, 1.165) is 43.6 Å². The maximum absolute atomic E-state index is 11.7. The van der Waals surface area contributed by atoms with E-state index in [0.29, 0.717) is 24.3 Å². The van der Waals surface area contributed by atoms with Crippen LogP contribution in [0, 0.1) is 11.3 Å². The minimum atomic E-state index is -0.473. The Bertz CT molecular complexity index is 1250. The maximum atomic E-state index is 11.7. The van der Waals surface area contributed by atoms with Gasteiger partial charge in [-0.2, -0.15) is 0 Å². The molecule has 0 N–H and O–H groups in total. The van der Waals surface area contributed by atoms with Gasteiger partial charge in [0.2, 0.25) is 5.76 Å². The average Bonchev–Trinajstić information content (AvgIpc) is 3.75. The fourth-order valence-corrected chi connectivity index (χ4v) is 6.53. The first-order chi connectivity index (χ1) is 19.8. The van der Waals surface area contributed by atoms with E-state index >= 15 is 0 Å². The predicted octanol–water partition coefficient (Wildman–Crippen LogP) is 3.97. The lowest BCUT2D eigenvalue weighted by atomic mass is 9.77. The van der Waals surface area contributed by atoms with E-state index in [1.807, 2.05) is 17.0 Å². The molecule has 41 heavy (non-hydrogen) atoms. The minimum Gasteiger partial charge on any atom is -0.463 e. The molecule has 0 unspecified atom stereocenters. The second-order valence-electron chi connectivity index (χ2n) is 12.5. The van der Waals surface area contributed by atoms with E-state index in [1.54, 1.807) is 18.3 Å². The SMILES string of the molecule is COC(=O)c1ccc(Cn2ccnc2CN(C)Cc2nccn2CCCN2CCC3(CCN(CC(C)C)CC3)C2)o1. The largest absolute Gasteiger partial charge is 0.463 e. The van der Waals surface area contributed by atoms with Gasteiger partial charge in [0, 0.05) is 44.4 Å². The van der Waals surface area contributed by atoms with E-state index in [4.69, 9.17) is 9.15 Å². The Morgan fingerprint density at radius 1 is 1.00 bits per heavy atom. The van der Waals surface area contributed by atoms with Crippen LogP contribution in [0.25, 0.3) is 0 Å². The van der Waals surface area contributed by atoms with E-state index in [-0.39, 0.29) is 5.76 Å². The Morgan fingerprint density at radius 2 is 1.66 bits per heavy atom. The van der Waals surface area contributed by atoms with E-state index < -0.39 is 5.97 Å². The zero-order valence-electron chi connectivity index (χ0n) is 25.3. The molecule has 5 rings (SSSR count). The molecule has 0 aromatic carbocycles. The molecule has 2 aliphatic rings. The monoisotopic (exact) mass is 565 g/mol. The Hall–Kier alpha value is -2.95. The molecule has 0 saturated carbocycles. The summed E-state index contributed by atoms with van der Waals surface area (Å²) in [6.45, 7) is 15.0. The van der Waals surface area contributed by atoms with Crippen molar-refractivity contribution in [1.29, 1.82) is 0 Å². The van der Waals surface area contributed by atoms with Crippen molar-refractivity contribution in [3.05, 3.63) is 60.1 Å². The molecule has 10 nitrogen and oxygen atoms in total. The number of aromatic nitrogens is 4. The van der Waals surface area contributed by atoms with Crippen LogP contribution in [0.4, 0.5) is 0 Å². The van der Waals surface area contributed by atoms with Gasteiger partial charge >= 0.3 is 5.97 Å². The van der Waals surface area contributed by atoms with Crippen molar-refractivity contribution in [3.63, 3.8) is 0 Å². The summed E-state index contributed by atoms with van der Waals surface area (Å²) in [5.74, 6) is 3.19. The Kier molecular flexibility index (Phi) is 9.62. The van der Waals surface area contributed by atoms with Gasteiger partial charge < -0.3 is 28.1 Å². The van der Waals surface area contributed by atoms with Crippen molar-refractivity contribution in [2.45, 2.75) is 65.7 Å². The lowest BCUT2D eigenvalue weighted by Crippen LogP contribution is -2.42. The topological polar surface area (TPSA) is 84.8 Å². The fraction of sp³-hybridized carbons (Fsp3) is 0.645. The van der Waals surface area contributed by atoms with Crippen LogP contribution in [-0.4, -0.2) is 93.2 Å². The van der Waals surface area contributed by atoms with E-state index in [1.165, 1.54) is 59.1 Å². The number of likely N-dealkylation sites (tertiary alicyclic amines) is 2. The third-order valence-electron chi connectivity index (χ3n) is 8.73. The number of aryl methyl sites for hydroxylation is 1. The molecule has 0 atom stereocenters. The molecule has 2 saturated heterocycles. The number of imidazole rings is 2. The third kappa shape index (κ3) is 7.67. The summed E-state index contributed by atoms with van der Waals surface area (Å²) in [5.41, 5.74) is 0.558. The molecule has 0 bridgehead atoms. The van der Waals surface area contributed by atoms with Crippen LogP contribution in [0.3, 0.4) is 0 Å². The number of methoxy groups -OCH3 is 1. The average molecular weight is 566 g/mol. The molecular formula is C31H47N7O3. The van der Waals surface area contributed by atoms with Crippen molar-refractivity contribution in [3.8, 4) is 0 Å². The molecule has 0 aliphatic carbocycles. The van der Waals surface area contributed by atoms with Crippen LogP contribution in [0.5, 0.6) is 0 Å².